The third-order valence-corrected chi connectivity index (χ3v) is 5.09. The fraction of sp³-hybridized carbons (Fsp3) is 0.158. The predicted octanol–water partition coefficient (Wildman–Crippen LogP) is 4.48. The van der Waals surface area contributed by atoms with Gasteiger partial charge < -0.3 is 14.6 Å². The van der Waals surface area contributed by atoms with E-state index in [9.17, 15) is 4.79 Å². The van der Waals surface area contributed by atoms with E-state index in [1.165, 1.54) is 11.8 Å². The Morgan fingerprint density at radius 3 is 2.54 bits per heavy atom. The van der Waals surface area contributed by atoms with Crippen LogP contribution >= 0.6 is 23.4 Å². The zero-order chi connectivity index (χ0) is 18.5. The summed E-state index contributed by atoms with van der Waals surface area (Å²) >= 11 is 7.23. The molecule has 0 aliphatic carbocycles. The number of carbonyl (C=O) groups is 1. The van der Waals surface area contributed by atoms with Crippen molar-refractivity contribution >= 4 is 35.0 Å². The number of hydrogen-bond acceptors (Lipinski definition) is 4. The van der Waals surface area contributed by atoms with E-state index in [2.05, 4.69) is 10.3 Å². The molecule has 0 atom stereocenters. The highest BCUT2D eigenvalue weighted by atomic mass is 35.5. The van der Waals surface area contributed by atoms with Gasteiger partial charge in [0.25, 0.3) is 0 Å². The van der Waals surface area contributed by atoms with Crippen molar-refractivity contribution in [3.05, 3.63) is 59.8 Å². The number of halogens is 1. The third kappa shape index (κ3) is 4.39. The molecule has 7 heteroatoms. The lowest BCUT2D eigenvalue weighted by atomic mass is 10.1. The molecule has 0 radical (unpaired) electrons. The second kappa shape index (κ2) is 8.29. The van der Waals surface area contributed by atoms with Gasteiger partial charge in [0.05, 0.1) is 24.8 Å². The molecule has 2 aromatic carbocycles. The van der Waals surface area contributed by atoms with E-state index < -0.39 is 0 Å². The topological polar surface area (TPSA) is 56.1 Å². The Labute approximate surface area is 161 Å². The molecule has 0 aliphatic heterocycles. The largest absolute Gasteiger partial charge is 0.497 e. The molecule has 5 nitrogen and oxygen atoms in total. The summed E-state index contributed by atoms with van der Waals surface area (Å²) in [5.41, 5.74) is 2.74. The van der Waals surface area contributed by atoms with E-state index in [0.717, 1.165) is 27.9 Å². The molecule has 1 amide bonds. The van der Waals surface area contributed by atoms with Gasteiger partial charge in [-0.15, -0.1) is 0 Å². The number of nitrogens with zero attached hydrogens (tertiary/aromatic N) is 2. The van der Waals surface area contributed by atoms with Gasteiger partial charge in [0.1, 0.15) is 5.75 Å². The molecule has 0 saturated heterocycles. The average Bonchev–Trinajstić information content (AvgIpc) is 3.02. The number of hydrogen-bond donors (Lipinski definition) is 1. The fourth-order valence-corrected chi connectivity index (χ4v) is 3.29. The van der Waals surface area contributed by atoms with Gasteiger partial charge in [-0.2, -0.15) is 0 Å². The van der Waals surface area contributed by atoms with Crippen LogP contribution in [-0.2, 0) is 11.8 Å². The number of carbonyl (C=O) groups excluding carboxylic acids is 1. The number of thioether (sulfide) groups is 1. The Morgan fingerprint density at radius 2 is 1.88 bits per heavy atom. The fourth-order valence-electron chi connectivity index (χ4n) is 2.42. The molecule has 3 aromatic rings. The summed E-state index contributed by atoms with van der Waals surface area (Å²) in [4.78, 5) is 16.5. The Morgan fingerprint density at radius 1 is 1.19 bits per heavy atom. The minimum absolute atomic E-state index is 0.0914. The third-order valence-electron chi connectivity index (χ3n) is 3.79. The molecule has 1 aromatic heterocycles. The first kappa shape index (κ1) is 18.4. The van der Waals surface area contributed by atoms with Gasteiger partial charge in [-0.1, -0.05) is 23.4 Å². The van der Waals surface area contributed by atoms with E-state index in [4.69, 9.17) is 16.3 Å². The first-order chi connectivity index (χ1) is 12.6. The molecule has 0 bridgehead atoms. The molecular formula is C19H18ClN3O2S. The maximum atomic E-state index is 12.1. The zero-order valence-electron chi connectivity index (χ0n) is 14.4. The minimum atomic E-state index is -0.0914. The maximum absolute atomic E-state index is 12.1. The summed E-state index contributed by atoms with van der Waals surface area (Å²) in [6.07, 6.45) is 1.81. The van der Waals surface area contributed by atoms with Gasteiger partial charge in [-0.25, -0.2) is 4.98 Å². The van der Waals surface area contributed by atoms with Crippen LogP contribution in [0.15, 0.2) is 59.9 Å². The number of ether oxygens (including phenoxy) is 1. The minimum Gasteiger partial charge on any atom is -0.497 e. The number of nitrogens with one attached hydrogen (secondary N) is 1. The number of amides is 1. The lowest BCUT2D eigenvalue weighted by Gasteiger charge is -2.07. The first-order valence-electron chi connectivity index (χ1n) is 7.91. The molecule has 134 valence electrons. The average molecular weight is 388 g/mol. The summed E-state index contributed by atoms with van der Waals surface area (Å²) in [6.45, 7) is 0. The number of anilines is 1. The number of methoxy groups -OCH3 is 1. The van der Waals surface area contributed by atoms with Crippen LogP contribution in [0, 0.1) is 0 Å². The van der Waals surface area contributed by atoms with Gasteiger partial charge in [0.15, 0.2) is 5.16 Å². The van der Waals surface area contributed by atoms with Gasteiger partial charge >= 0.3 is 0 Å². The van der Waals surface area contributed by atoms with E-state index in [1.807, 2.05) is 35.9 Å². The van der Waals surface area contributed by atoms with Gasteiger partial charge in [-0.05, 0) is 48.5 Å². The summed E-state index contributed by atoms with van der Waals surface area (Å²) in [5, 5.41) is 4.26. The van der Waals surface area contributed by atoms with Crippen LogP contribution in [0.4, 0.5) is 5.69 Å². The Hall–Kier alpha value is -2.44. The van der Waals surface area contributed by atoms with Crippen LogP contribution in [0.5, 0.6) is 5.75 Å². The van der Waals surface area contributed by atoms with Crippen LogP contribution < -0.4 is 10.1 Å². The van der Waals surface area contributed by atoms with Gasteiger partial charge in [0.2, 0.25) is 5.91 Å². The van der Waals surface area contributed by atoms with Crippen LogP contribution in [-0.4, -0.2) is 28.3 Å². The first-order valence-corrected chi connectivity index (χ1v) is 9.27. The molecule has 0 fully saturated rings. The Kier molecular flexibility index (Phi) is 5.85. The number of benzene rings is 2. The summed E-state index contributed by atoms with van der Waals surface area (Å²) in [7, 11) is 3.58. The highest BCUT2D eigenvalue weighted by Crippen LogP contribution is 2.26. The molecule has 3 rings (SSSR count). The summed E-state index contributed by atoms with van der Waals surface area (Å²) in [6, 6.07) is 14.8. The van der Waals surface area contributed by atoms with Crippen LogP contribution in [0.25, 0.3) is 11.3 Å². The van der Waals surface area contributed by atoms with E-state index in [1.54, 1.807) is 37.6 Å². The SMILES string of the molecule is COc1ccc(-c2cnc(SCC(=O)Nc3ccc(Cl)cc3)n2C)cc1. The predicted molar refractivity (Wildman–Crippen MR) is 106 cm³/mol. The molecule has 0 aliphatic rings. The molecule has 1 N–H and O–H groups in total. The van der Waals surface area contributed by atoms with Crippen LogP contribution in [0.1, 0.15) is 0 Å². The molecule has 26 heavy (non-hydrogen) atoms. The quantitative estimate of drug-likeness (QED) is 0.633. The highest BCUT2D eigenvalue weighted by molar-refractivity contribution is 7.99. The van der Waals surface area contributed by atoms with Crippen LogP contribution in [0.3, 0.4) is 0 Å². The summed E-state index contributed by atoms with van der Waals surface area (Å²) in [5.74, 6) is 0.992. The molecular weight excluding hydrogens is 370 g/mol. The Balaban J connectivity index is 1.62. The second-order valence-electron chi connectivity index (χ2n) is 5.56. The lowest BCUT2D eigenvalue weighted by Crippen LogP contribution is -2.14. The van der Waals surface area contributed by atoms with E-state index in [-0.39, 0.29) is 11.7 Å². The highest BCUT2D eigenvalue weighted by Gasteiger charge is 2.11. The zero-order valence-corrected chi connectivity index (χ0v) is 16.0. The van der Waals surface area contributed by atoms with Crippen molar-refractivity contribution in [3.8, 4) is 17.0 Å². The second-order valence-corrected chi connectivity index (χ2v) is 6.94. The molecule has 0 unspecified atom stereocenters. The van der Waals surface area contributed by atoms with Crippen LogP contribution in [0.2, 0.25) is 5.02 Å². The molecule has 1 heterocycles. The van der Waals surface area contributed by atoms with Crippen molar-refractivity contribution in [2.45, 2.75) is 5.16 Å². The molecule has 0 saturated carbocycles. The normalized spacial score (nSPS) is 10.6. The van der Waals surface area contributed by atoms with Crippen molar-refractivity contribution in [1.82, 2.24) is 9.55 Å². The van der Waals surface area contributed by atoms with E-state index >= 15 is 0 Å². The standard InChI is InChI=1S/C19H18ClN3O2S/c1-23-17(13-3-9-16(25-2)10-4-13)11-21-19(23)26-12-18(24)22-15-7-5-14(20)6-8-15/h3-11H,12H2,1-2H3,(H,22,24). The van der Waals surface area contributed by atoms with Crippen molar-refractivity contribution in [1.29, 1.82) is 0 Å². The van der Waals surface area contributed by atoms with Crippen molar-refractivity contribution in [3.63, 3.8) is 0 Å². The van der Waals surface area contributed by atoms with E-state index in [0.29, 0.717) is 5.02 Å². The smallest absolute Gasteiger partial charge is 0.234 e. The number of aromatic nitrogens is 2. The lowest BCUT2D eigenvalue weighted by molar-refractivity contribution is -0.113. The monoisotopic (exact) mass is 387 g/mol. The number of imidazole rings is 1. The van der Waals surface area contributed by atoms with Gasteiger partial charge in [0, 0.05) is 23.3 Å². The number of rotatable bonds is 6. The maximum Gasteiger partial charge on any atom is 0.234 e. The summed E-state index contributed by atoms with van der Waals surface area (Å²) < 4.78 is 7.16. The van der Waals surface area contributed by atoms with Gasteiger partial charge in [-0.3, -0.25) is 4.79 Å². The molecule has 0 spiro atoms. The van der Waals surface area contributed by atoms with Crippen molar-refractivity contribution in [2.24, 2.45) is 7.05 Å². The Bertz CT molecular complexity index is 892. The van der Waals surface area contributed by atoms with Crippen molar-refractivity contribution < 1.29 is 9.53 Å². The van der Waals surface area contributed by atoms with Crippen molar-refractivity contribution in [2.75, 3.05) is 18.2 Å².